The Morgan fingerprint density at radius 2 is 1.96 bits per heavy atom. The first-order chi connectivity index (χ1) is 11.6. The number of allylic oxidation sites excluding steroid dienone is 1. The monoisotopic (exact) mass is 323 g/mol. The summed E-state index contributed by atoms with van der Waals surface area (Å²) in [5.74, 6) is 1.44. The quantitative estimate of drug-likeness (QED) is 0.874. The maximum Gasteiger partial charge on any atom is 0.298 e. The molecule has 0 unspecified atom stereocenters. The predicted molar refractivity (Wildman–Crippen MR) is 93.2 cm³/mol. The van der Waals surface area contributed by atoms with Crippen LogP contribution >= 0.6 is 0 Å². The van der Waals surface area contributed by atoms with Gasteiger partial charge in [-0.3, -0.25) is 4.79 Å². The van der Waals surface area contributed by atoms with E-state index in [2.05, 4.69) is 0 Å². The molecule has 5 nitrogen and oxygen atoms in total. The van der Waals surface area contributed by atoms with Gasteiger partial charge in [-0.2, -0.15) is 0 Å². The molecule has 0 bridgehead atoms. The van der Waals surface area contributed by atoms with Crippen LogP contribution in [0.2, 0.25) is 0 Å². The fraction of sp³-hybridized carbons (Fsp3) is 0.105. The van der Waals surface area contributed by atoms with Gasteiger partial charge in [0.15, 0.2) is 11.5 Å². The van der Waals surface area contributed by atoms with E-state index in [4.69, 9.17) is 9.47 Å². The van der Waals surface area contributed by atoms with Crippen LogP contribution < -0.4 is 14.4 Å². The predicted octanol–water partition coefficient (Wildman–Crippen LogP) is 3.44. The number of ether oxygens (including phenoxy) is 2. The number of phenols is 1. The average molecular weight is 323 g/mol. The van der Waals surface area contributed by atoms with Crippen molar-refractivity contribution in [2.24, 2.45) is 0 Å². The van der Waals surface area contributed by atoms with E-state index >= 15 is 0 Å². The van der Waals surface area contributed by atoms with Gasteiger partial charge in [0.2, 0.25) is 0 Å². The molecule has 2 aromatic carbocycles. The summed E-state index contributed by atoms with van der Waals surface area (Å²) in [7, 11) is 3.95. The molecule has 0 saturated carbocycles. The number of nitrogens with zero attached hydrogens (tertiary/aromatic N) is 1. The second kappa shape index (κ2) is 6.50. The second-order valence-electron chi connectivity index (χ2n) is 5.54. The Kier molecular flexibility index (Phi) is 4.24. The maximum atomic E-state index is 10.5. The third-order valence-corrected chi connectivity index (χ3v) is 3.64. The van der Waals surface area contributed by atoms with Gasteiger partial charge in [0.05, 0.1) is 0 Å². The number of carbonyl (C=O) groups excluding carboxylic acids is 1. The third-order valence-electron chi connectivity index (χ3n) is 3.64. The van der Waals surface area contributed by atoms with E-state index < -0.39 is 0 Å². The van der Waals surface area contributed by atoms with Crippen molar-refractivity contribution < 1.29 is 19.4 Å². The highest BCUT2D eigenvalue weighted by molar-refractivity contribution is 5.70. The van der Waals surface area contributed by atoms with Gasteiger partial charge < -0.3 is 19.5 Å². The number of aromatic hydroxyl groups is 1. The lowest BCUT2D eigenvalue weighted by Gasteiger charge is -2.19. The van der Waals surface area contributed by atoms with Crippen LogP contribution in [0.5, 0.6) is 17.2 Å². The summed E-state index contributed by atoms with van der Waals surface area (Å²) < 4.78 is 10.7. The Morgan fingerprint density at radius 3 is 2.71 bits per heavy atom. The summed E-state index contributed by atoms with van der Waals surface area (Å²) in [5, 5.41) is 9.63. The van der Waals surface area contributed by atoms with Crippen molar-refractivity contribution in [3.05, 3.63) is 59.4 Å². The number of fused-ring (bicyclic) bond motifs is 1. The van der Waals surface area contributed by atoms with Gasteiger partial charge >= 0.3 is 0 Å². The number of carbonyl (C=O) groups is 1. The smallest absolute Gasteiger partial charge is 0.298 e. The Balaban J connectivity index is 1.89. The Labute approximate surface area is 140 Å². The molecule has 1 aliphatic heterocycles. The molecule has 0 amide bonds. The summed E-state index contributed by atoms with van der Waals surface area (Å²) in [6.45, 7) is 0.280. The van der Waals surface area contributed by atoms with Crippen molar-refractivity contribution in [1.29, 1.82) is 0 Å². The van der Waals surface area contributed by atoms with Crippen LogP contribution in [-0.4, -0.2) is 25.7 Å². The average Bonchev–Trinajstić information content (AvgIpc) is 2.57. The number of benzene rings is 2. The zero-order valence-electron chi connectivity index (χ0n) is 13.4. The number of hydrogen-bond donors (Lipinski definition) is 1. The van der Waals surface area contributed by atoms with Crippen LogP contribution in [0.25, 0.3) is 12.2 Å². The molecule has 5 heteroatoms. The van der Waals surface area contributed by atoms with E-state index in [1.807, 2.05) is 49.3 Å². The Hall–Kier alpha value is -3.21. The summed E-state index contributed by atoms with van der Waals surface area (Å²) in [6, 6.07) is 10.8. The minimum absolute atomic E-state index is 0.0923. The highest BCUT2D eigenvalue weighted by Gasteiger charge is 2.11. The zero-order valence-corrected chi connectivity index (χ0v) is 13.4. The van der Waals surface area contributed by atoms with E-state index in [0.29, 0.717) is 5.76 Å². The van der Waals surface area contributed by atoms with Gasteiger partial charge in [-0.25, -0.2) is 0 Å². The summed E-state index contributed by atoms with van der Waals surface area (Å²) in [4.78, 5) is 12.5. The summed E-state index contributed by atoms with van der Waals surface area (Å²) in [5.41, 5.74) is 2.81. The van der Waals surface area contributed by atoms with Crippen molar-refractivity contribution >= 4 is 24.3 Å². The molecular formula is C19H17NO4. The molecule has 0 aromatic heterocycles. The standard InChI is InChI=1S/C19H17NO4/c1-20(2)15-6-4-14-5-7-16(24-18(14)11-15)9-13-3-8-17(22)19(10-13)23-12-21/h3-12,22H,1-2H3. The molecule has 24 heavy (non-hydrogen) atoms. The first kappa shape index (κ1) is 15.7. The van der Waals surface area contributed by atoms with Crippen LogP contribution in [0, 0.1) is 0 Å². The highest BCUT2D eigenvalue weighted by Crippen LogP contribution is 2.33. The van der Waals surface area contributed by atoms with Gasteiger partial charge in [-0.05, 0) is 48.1 Å². The zero-order chi connectivity index (χ0) is 17.1. The molecule has 0 radical (unpaired) electrons. The normalized spacial score (nSPS) is 14.0. The van der Waals surface area contributed by atoms with E-state index in [1.165, 1.54) is 6.07 Å². The Morgan fingerprint density at radius 1 is 1.12 bits per heavy atom. The van der Waals surface area contributed by atoms with Crippen molar-refractivity contribution in [3.8, 4) is 17.2 Å². The molecule has 1 heterocycles. The molecule has 0 spiro atoms. The van der Waals surface area contributed by atoms with Crippen LogP contribution in [0.3, 0.4) is 0 Å². The van der Waals surface area contributed by atoms with Gasteiger partial charge in [0.25, 0.3) is 6.47 Å². The van der Waals surface area contributed by atoms with Gasteiger partial charge in [0, 0.05) is 31.4 Å². The molecule has 0 fully saturated rings. The van der Waals surface area contributed by atoms with E-state index in [1.54, 1.807) is 18.2 Å². The van der Waals surface area contributed by atoms with Gasteiger partial charge in [-0.15, -0.1) is 0 Å². The lowest BCUT2D eigenvalue weighted by atomic mass is 10.1. The molecule has 122 valence electrons. The molecular weight excluding hydrogens is 306 g/mol. The van der Waals surface area contributed by atoms with Crippen molar-refractivity contribution in [2.75, 3.05) is 19.0 Å². The molecule has 0 aliphatic carbocycles. The number of hydrogen-bond acceptors (Lipinski definition) is 5. The molecule has 1 aliphatic rings. The maximum absolute atomic E-state index is 10.5. The van der Waals surface area contributed by atoms with Gasteiger partial charge in [-0.1, -0.05) is 6.07 Å². The Bertz CT molecular complexity index is 837. The van der Waals surface area contributed by atoms with Crippen molar-refractivity contribution in [1.82, 2.24) is 0 Å². The van der Waals surface area contributed by atoms with Crippen LogP contribution in [0.1, 0.15) is 11.1 Å². The minimum Gasteiger partial charge on any atom is -0.504 e. The van der Waals surface area contributed by atoms with E-state index in [0.717, 1.165) is 22.6 Å². The summed E-state index contributed by atoms with van der Waals surface area (Å²) >= 11 is 0. The fourth-order valence-electron chi connectivity index (χ4n) is 2.37. The SMILES string of the molecule is CN(C)c1ccc2c(c1)OC(=Cc1ccc(O)c(OC=O)c1)C=C2. The molecule has 0 atom stereocenters. The molecule has 2 aromatic rings. The fourth-order valence-corrected chi connectivity index (χ4v) is 2.37. The van der Waals surface area contributed by atoms with Crippen molar-refractivity contribution in [3.63, 3.8) is 0 Å². The van der Waals surface area contributed by atoms with Crippen LogP contribution in [0.15, 0.2) is 48.2 Å². The first-order valence-corrected chi connectivity index (χ1v) is 7.39. The molecule has 0 saturated heterocycles. The topological polar surface area (TPSA) is 59.0 Å². The van der Waals surface area contributed by atoms with Crippen LogP contribution in [0.4, 0.5) is 5.69 Å². The molecule has 3 rings (SSSR count). The van der Waals surface area contributed by atoms with Gasteiger partial charge in [0.1, 0.15) is 11.5 Å². The largest absolute Gasteiger partial charge is 0.504 e. The summed E-state index contributed by atoms with van der Waals surface area (Å²) in [6.07, 6.45) is 5.65. The first-order valence-electron chi connectivity index (χ1n) is 7.39. The number of rotatable bonds is 4. The van der Waals surface area contributed by atoms with E-state index in [9.17, 15) is 9.90 Å². The van der Waals surface area contributed by atoms with E-state index in [-0.39, 0.29) is 18.0 Å². The highest BCUT2D eigenvalue weighted by atomic mass is 16.5. The second-order valence-corrected chi connectivity index (χ2v) is 5.54. The van der Waals surface area contributed by atoms with Crippen molar-refractivity contribution in [2.45, 2.75) is 0 Å². The minimum atomic E-state index is -0.0923. The lowest BCUT2D eigenvalue weighted by molar-refractivity contribution is -0.120. The number of anilines is 1. The molecule has 1 N–H and O–H groups in total. The third kappa shape index (κ3) is 3.25. The lowest BCUT2D eigenvalue weighted by Crippen LogP contribution is -2.09. The van der Waals surface area contributed by atoms with Crippen LogP contribution in [-0.2, 0) is 4.79 Å². The number of phenolic OH excluding ortho intramolecular Hbond substituents is 1.